The summed E-state index contributed by atoms with van der Waals surface area (Å²) in [5, 5.41) is 15.1. The van der Waals surface area contributed by atoms with Crippen molar-refractivity contribution in [2.24, 2.45) is 0 Å². The molecule has 4 N–H and O–H groups in total. The van der Waals surface area contributed by atoms with Crippen molar-refractivity contribution >= 4 is 23.4 Å². The van der Waals surface area contributed by atoms with Crippen molar-refractivity contribution in [2.75, 3.05) is 38.7 Å². The molecule has 10 nitrogen and oxygen atoms in total. The average Bonchev–Trinajstić information content (AvgIpc) is 2.97. The van der Waals surface area contributed by atoms with Gasteiger partial charge in [0.15, 0.2) is 0 Å². The molecule has 1 heterocycles. The molecule has 10 heteroatoms. The SMILES string of the molecule is COc1ccc(C(=O)N/C(C)=C(\NO)C(=O)Nc2cccc(C(=O)N3CCOCC3)c2)cc1-c1c(C)cccc1C. The van der Waals surface area contributed by atoms with Gasteiger partial charge in [0, 0.05) is 41.2 Å². The second kappa shape index (κ2) is 13.1. The Labute approximate surface area is 238 Å². The van der Waals surface area contributed by atoms with E-state index in [0.717, 1.165) is 22.3 Å². The highest BCUT2D eigenvalue weighted by Gasteiger charge is 2.21. The molecule has 1 fully saturated rings. The molecule has 0 aromatic heterocycles. The number of hydroxylamine groups is 1. The Balaban J connectivity index is 1.52. The molecule has 1 aliphatic rings. The van der Waals surface area contributed by atoms with Crippen LogP contribution in [0.4, 0.5) is 5.69 Å². The minimum atomic E-state index is -0.702. The fourth-order valence-electron chi connectivity index (χ4n) is 4.77. The lowest BCUT2D eigenvalue weighted by atomic mass is 9.93. The van der Waals surface area contributed by atoms with Gasteiger partial charge in [0.05, 0.1) is 20.3 Å². The lowest BCUT2D eigenvalue weighted by molar-refractivity contribution is -0.114. The molecule has 3 aromatic carbocycles. The molecule has 214 valence electrons. The number of morpholine rings is 1. The number of hydrogen-bond acceptors (Lipinski definition) is 7. The van der Waals surface area contributed by atoms with E-state index in [4.69, 9.17) is 9.47 Å². The molecule has 1 saturated heterocycles. The number of nitrogens with zero attached hydrogens (tertiary/aromatic N) is 1. The number of amides is 3. The number of benzene rings is 3. The summed E-state index contributed by atoms with van der Waals surface area (Å²) in [6, 6.07) is 17.6. The highest BCUT2D eigenvalue weighted by atomic mass is 16.5. The lowest BCUT2D eigenvalue weighted by Gasteiger charge is -2.27. The molecule has 1 aliphatic heterocycles. The van der Waals surface area contributed by atoms with E-state index < -0.39 is 11.8 Å². The van der Waals surface area contributed by atoms with Crippen molar-refractivity contribution in [1.82, 2.24) is 15.7 Å². The van der Waals surface area contributed by atoms with Gasteiger partial charge >= 0.3 is 0 Å². The first kappa shape index (κ1) is 29.3. The summed E-state index contributed by atoms with van der Waals surface area (Å²) in [4.78, 5) is 40.7. The van der Waals surface area contributed by atoms with Gasteiger partial charge in [0.1, 0.15) is 11.4 Å². The van der Waals surface area contributed by atoms with Crippen LogP contribution in [0.25, 0.3) is 11.1 Å². The van der Waals surface area contributed by atoms with Crippen molar-refractivity contribution in [3.63, 3.8) is 0 Å². The molecule has 0 aliphatic carbocycles. The molecule has 0 radical (unpaired) electrons. The fraction of sp³-hybridized carbons (Fsp3) is 0.258. The highest BCUT2D eigenvalue weighted by molar-refractivity contribution is 6.05. The summed E-state index contributed by atoms with van der Waals surface area (Å²) in [6.45, 7) is 7.43. The number of aryl methyl sites for hydroxylation is 2. The molecule has 0 unspecified atom stereocenters. The lowest BCUT2D eigenvalue weighted by Crippen LogP contribution is -2.40. The zero-order valence-corrected chi connectivity index (χ0v) is 23.5. The number of methoxy groups -OCH3 is 1. The van der Waals surface area contributed by atoms with Gasteiger partial charge in [-0.15, -0.1) is 0 Å². The summed E-state index contributed by atoms with van der Waals surface area (Å²) >= 11 is 0. The van der Waals surface area contributed by atoms with Crippen LogP contribution in [0.1, 0.15) is 38.8 Å². The third kappa shape index (κ3) is 6.74. The van der Waals surface area contributed by atoms with Crippen molar-refractivity contribution in [2.45, 2.75) is 20.8 Å². The molecule has 3 aromatic rings. The van der Waals surface area contributed by atoms with Gasteiger partial charge in [0.25, 0.3) is 17.7 Å². The summed E-state index contributed by atoms with van der Waals surface area (Å²) in [6.07, 6.45) is 0. The van der Waals surface area contributed by atoms with Crippen LogP contribution < -0.4 is 20.9 Å². The van der Waals surface area contributed by atoms with Crippen molar-refractivity contribution in [1.29, 1.82) is 0 Å². The Morgan fingerprint density at radius 3 is 2.27 bits per heavy atom. The van der Waals surface area contributed by atoms with Crippen LogP contribution in [0.3, 0.4) is 0 Å². The predicted molar refractivity (Wildman–Crippen MR) is 155 cm³/mol. The molecular weight excluding hydrogens is 524 g/mol. The number of rotatable bonds is 8. The second-order valence-electron chi connectivity index (χ2n) is 9.69. The zero-order valence-electron chi connectivity index (χ0n) is 23.5. The topological polar surface area (TPSA) is 129 Å². The minimum absolute atomic E-state index is 0.0972. The van der Waals surface area contributed by atoms with Crippen molar-refractivity contribution in [3.8, 4) is 16.9 Å². The van der Waals surface area contributed by atoms with Crippen molar-refractivity contribution in [3.05, 3.63) is 94.3 Å². The number of ether oxygens (including phenoxy) is 2. The molecule has 3 amide bonds. The van der Waals surface area contributed by atoms with E-state index in [2.05, 4.69) is 10.6 Å². The van der Waals surface area contributed by atoms with Gasteiger partial charge in [0.2, 0.25) is 0 Å². The van der Waals surface area contributed by atoms with Gasteiger partial charge in [-0.1, -0.05) is 24.3 Å². The Morgan fingerprint density at radius 2 is 1.61 bits per heavy atom. The van der Waals surface area contributed by atoms with Gasteiger partial charge in [-0.25, -0.2) is 0 Å². The van der Waals surface area contributed by atoms with Crippen LogP contribution in [-0.4, -0.2) is 61.2 Å². The maximum Gasteiger partial charge on any atom is 0.275 e. The summed E-state index contributed by atoms with van der Waals surface area (Å²) in [5.74, 6) is -0.718. The van der Waals surface area contributed by atoms with Crippen LogP contribution in [0, 0.1) is 13.8 Å². The van der Waals surface area contributed by atoms with E-state index >= 15 is 0 Å². The Bertz CT molecular complexity index is 1470. The number of carbonyl (C=O) groups is 3. The van der Waals surface area contributed by atoms with Gasteiger partial charge in [-0.05, 0) is 73.9 Å². The second-order valence-corrected chi connectivity index (χ2v) is 9.69. The average molecular weight is 559 g/mol. The first-order valence-electron chi connectivity index (χ1n) is 13.2. The number of carbonyl (C=O) groups excluding carboxylic acids is 3. The van der Waals surface area contributed by atoms with Crippen LogP contribution >= 0.6 is 0 Å². The predicted octanol–water partition coefficient (Wildman–Crippen LogP) is 4.03. The van der Waals surface area contributed by atoms with Crippen LogP contribution in [-0.2, 0) is 9.53 Å². The van der Waals surface area contributed by atoms with E-state index in [1.165, 1.54) is 6.92 Å². The van der Waals surface area contributed by atoms with Gasteiger partial charge < -0.3 is 25.0 Å². The van der Waals surface area contributed by atoms with Crippen molar-refractivity contribution < 1.29 is 29.1 Å². The quantitative estimate of drug-likeness (QED) is 0.243. The van der Waals surface area contributed by atoms with Gasteiger partial charge in [-0.2, -0.15) is 0 Å². The normalized spacial score (nSPS) is 13.6. The Kier molecular flexibility index (Phi) is 9.38. The van der Waals surface area contributed by atoms with Crippen LogP contribution in [0.15, 0.2) is 72.1 Å². The van der Waals surface area contributed by atoms with Crippen LogP contribution in [0.2, 0.25) is 0 Å². The van der Waals surface area contributed by atoms with E-state index in [0.29, 0.717) is 48.9 Å². The summed E-state index contributed by atoms with van der Waals surface area (Å²) in [7, 11) is 1.57. The van der Waals surface area contributed by atoms with E-state index in [-0.39, 0.29) is 17.3 Å². The summed E-state index contributed by atoms with van der Waals surface area (Å²) in [5.41, 5.74) is 6.65. The maximum absolute atomic E-state index is 13.2. The Hall–Kier alpha value is -4.67. The fourth-order valence-corrected chi connectivity index (χ4v) is 4.77. The summed E-state index contributed by atoms with van der Waals surface area (Å²) < 4.78 is 10.9. The molecule has 0 bridgehead atoms. The monoisotopic (exact) mass is 558 g/mol. The standard InChI is InChI=1S/C31H34N4O6/c1-19-7-5-8-20(2)27(19)25-18-22(11-12-26(25)40-4)29(36)32-21(3)28(34-39)30(37)33-24-10-6-9-23(17-24)31(38)35-13-15-41-16-14-35/h5-12,17-18,34,39H,13-16H2,1-4H3,(H,32,36)(H,33,37)/b28-21-. The molecular formula is C31H34N4O6. The number of anilines is 1. The number of hydrogen-bond donors (Lipinski definition) is 4. The smallest absolute Gasteiger partial charge is 0.275 e. The number of nitrogens with one attached hydrogen (secondary N) is 3. The minimum Gasteiger partial charge on any atom is -0.496 e. The van der Waals surface area contributed by atoms with E-state index in [1.807, 2.05) is 37.5 Å². The molecule has 0 spiro atoms. The molecule has 41 heavy (non-hydrogen) atoms. The third-order valence-electron chi connectivity index (χ3n) is 6.89. The third-order valence-corrected chi connectivity index (χ3v) is 6.89. The molecule has 4 rings (SSSR count). The largest absolute Gasteiger partial charge is 0.496 e. The molecule has 0 atom stereocenters. The molecule has 0 saturated carbocycles. The first-order chi connectivity index (χ1) is 19.7. The van der Waals surface area contributed by atoms with Gasteiger partial charge in [-0.3, -0.25) is 25.1 Å². The zero-order chi connectivity index (χ0) is 29.5. The first-order valence-corrected chi connectivity index (χ1v) is 13.2. The highest BCUT2D eigenvalue weighted by Crippen LogP contribution is 2.35. The maximum atomic E-state index is 13.2. The number of allylic oxidation sites excluding steroid dienone is 1. The van der Waals surface area contributed by atoms with Crippen LogP contribution in [0.5, 0.6) is 5.75 Å². The van der Waals surface area contributed by atoms with E-state index in [9.17, 15) is 19.6 Å². The Morgan fingerprint density at radius 1 is 0.927 bits per heavy atom. The van der Waals surface area contributed by atoms with E-state index in [1.54, 1.807) is 54.5 Å².